The van der Waals surface area contributed by atoms with Gasteiger partial charge in [0.25, 0.3) is 0 Å². The Morgan fingerprint density at radius 2 is 2.25 bits per heavy atom. The molecule has 0 spiro atoms. The molecule has 0 fully saturated rings. The van der Waals surface area contributed by atoms with Crippen LogP contribution in [0.2, 0.25) is 0 Å². The molecule has 0 saturated heterocycles. The van der Waals surface area contributed by atoms with Crippen LogP contribution in [0.1, 0.15) is 47.8 Å². The van der Waals surface area contributed by atoms with Gasteiger partial charge in [0.1, 0.15) is 0 Å². The second kappa shape index (κ2) is 5.11. The molecule has 2 atom stereocenters. The van der Waals surface area contributed by atoms with Crippen molar-refractivity contribution in [3.8, 4) is 0 Å². The molecule has 1 N–H and O–H groups in total. The summed E-state index contributed by atoms with van der Waals surface area (Å²) in [5.41, 5.74) is 1.23. The van der Waals surface area contributed by atoms with Crippen molar-refractivity contribution in [2.45, 2.75) is 52.1 Å². The summed E-state index contributed by atoms with van der Waals surface area (Å²) in [6.07, 6.45) is 8.18. The molecule has 0 radical (unpaired) electrons. The first-order valence-electron chi connectivity index (χ1n) is 6.02. The molecular weight excluding hydrogens is 216 g/mol. The van der Waals surface area contributed by atoms with E-state index in [9.17, 15) is 0 Å². The Balaban J connectivity index is 1.99. The minimum atomic E-state index is 0.376. The van der Waals surface area contributed by atoms with Gasteiger partial charge >= 0.3 is 0 Å². The predicted molar refractivity (Wildman–Crippen MR) is 69.9 cm³/mol. The molecule has 1 aromatic rings. The molecular formula is C13H20N2S. The summed E-state index contributed by atoms with van der Waals surface area (Å²) in [6, 6.07) is 1.00. The normalized spacial score (nSPS) is 22.3. The number of hydrogen-bond donors (Lipinski definition) is 1. The Bertz CT molecular complexity index is 381. The maximum absolute atomic E-state index is 4.61. The predicted octanol–water partition coefficient (Wildman–Crippen LogP) is 3.52. The fraction of sp³-hybridized carbons (Fsp3) is 0.615. The van der Waals surface area contributed by atoms with Gasteiger partial charge in [-0.15, -0.1) is 11.3 Å². The number of allylic oxidation sites excluding steroid dienone is 1. The number of rotatable bonds is 3. The molecule has 16 heavy (non-hydrogen) atoms. The molecule has 2 rings (SSSR count). The summed E-state index contributed by atoms with van der Waals surface area (Å²) in [6.45, 7) is 6.47. The zero-order chi connectivity index (χ0) is 11.5. The molecule has 1 aromatic heterocycles. The van der Waals surface area contributed by atoms with E-state index in [2.05, 4.69) is 43.2 Å². The molecule has 0 aromatic carbocycles. The molecule has 1 heterocycles. The van der Waals surface area contributed by atoms with Crippen molar-refractivity contribution in [1.29, 1.82) is 0 Å². The Hall–Kier alpha value is -0.670. The quantitative estimate of drug-likeness (QED) is 0.812. The lowest BCUT2D eigenvalue weighted by atomic mass is 10.0. The van der Waals surface area contributed by atoms with Crippen molar-refractivity contribution in [3.05, 3.63) is 27.7 Å². The highest BCUT2D eigenvalue weighted by molar-refractivity contribution is 7.11. The first kappa shape index (κ1) is 11.8. The standard InChI is InChI=1S/C13H20N2S/c1-9(13-10(2)16-11(3)15-13)14-12-7-5-4-6-8-12/h4-5,9,12,14H,6-8H2,1-3H3. The lowest BCUT2D eigenvalue weighted by Gasteiger charge is -2.23. The molecule has 2 unspecified atom stereocenters. The van der Waals surface area contributed by atoms with Crippen molar-refractivity contribution < 1.29 is 0 Å². The maximum Gasteiger partial charge on any atom is 0.0900 e. The van der Waals surface area contributed by atoms with E-state index < -0.39 is 0 Å². The Morgan fingerprint density at radius 1 is 1.44 bits per heavy atom. The van der Waals surface area contributed by atoms with Gasteiger partial charge in [0.2, 0.25) is 0 Å². The summed E-state index contributed by atoms with van der Waals surface area (Å²) in [4.78, 5) is 5.96. The van der Waals surface area contributed by atoms with Crippen molar-refractivity contribution in [1.82, 2.24) is 10.3 Å². The van der Waals surface area contributed by atoms with Crippen LogP contribution in [0.5, 0.6) is 0 Å². The van der Waals surface area contributed by atoms with E-state index in [1.165, 1.54) is 28.4 Å². The average molecular weight is 236 g/mol. The highest BCUT2D eigenvalue weighted by Crippen LogP contribution is 2.24. The van der Waals surface area contributed by atoms with E-state index in [-0.39, 0.29) is 0 Å². The second-order valence-electron chi connectivity index (χ2n) is 4.54. The van der Waals surface area contributed by atoms with Gasteiger partial charge in [0.15, 0.2) is 0 Å². The van der Waals surface area contributed by atoms with Gasteiger partial charge in [0, 0.05) is 17.0 Å². The lowest BCUT2D eigenvalue weighted by Crippen LogP contribution is -2.32. The van der Waals surface area contributed by atoms with Crippen LogP contribution in [0.25, 0.3) is 0 Å². The number of hydrogen-bond acceptors (Lipinski definition) is 3. The average Bonchev–Trinajstić information content (AvgIpc) is 2.59. The smallest absolute Gasteiger partial charge is 0.0900 e. The fourth-order valence-electron chi connectivity index (χ4n) is 2.32. The lowest BCUT2D eigenvalue weighted by molar-refractivity contribution is 0.421. The highest BCUT2D eigenvalue weighted by Gasteiger charge is 2.17. The van der Waals surface area contributed by atoms with Crippen LogP contribution in [-0.4, -0.2) is 11.0 Å². The molecule has 0 amide bonds. The van der Waals surface area contributed by atoms with Crippen LogP contribution in [0, 0.1) is 13.8 Å². The molecule has 0 bridgehead atoms. The molecule has 1 aliphatic carbocycles. The van der Waals surface area contributed by atoms with Crippen molar-refractivity contribution >= 4 is 11.3 Å². The molecule has 1 aliphatic rings. The van der Waals surface area contributed by atoms with Gasteiger partial charge < -0.3 is 5.32 Å². The highest BCUT2D eigenvalue weighted by atomic mass is 32.1. The SMILES string of the molecule is Cc1nc(C(C)NC2CC=CCC2)c(C)s1. The summed E-state index contributed by atoms with van der Waals surface area (Å²) in [7, 11) is 0. The van der Waals surface area contributed by atoms with E-state index in [0.29, 0.717) is 12.1 Å². The van der Waals surface area contributed by atoms with Crippen molar-refractivity contribution in [2.24, 2.45) is 0 Å². The molecule has 0 saturated carbocycles. The third-order valence-corrected chi connectivity index (χ3v) is 4.01. The molecule has 3 heteroatoms. The van der Waals surface area contributed by atoms with Gasteiger partial charge in [-0.05, 0) is 40.0 Å². The number of aryl methyl sites for hydroxylation is 2. The molecule has 2 nitrogen and oxygen atoms in total. The Labute approximate surface area is 102 Å². The van der Waals surface area contributed by atoms with Crippen LogP contribution >= 0.6 is 11.3 Å². The zero-order valence-corrected chi connectivity index (χ0v) is 11.1. The van der Waals surface area contributed by atoms with Gasteiger partial charge in [-0.25, -0.2) is 4.98 Å². The van der Waals surface area contributed by atoms with E-state index in [1.54, 1.807) is 11.3 Å². The largest absolute Gasteiger partial charge is 0.306 e. The summed E-state index contributed by atoms with van der Waals surface area (Å²) in [5, 5.41) is 4.85. The summed E-state index contributed by atoms with van der Waals surface area (Å²) >= 11 is 1.79. The third-order valence-electron chi connectivity index (χ3n) is 3.10. The van der Waals surface area contributed by atoms with Crippen LogP contribution in [-0.2, 0) is 0 Å². The topological polar surface area (TPSA) is 24.9 Å². The maximum atomic E-state index is 4.61. The minimum absolute atomic E-state index is 0.376. The van der Waals surface area contributed by atoms with E-state index >= 15 is 0 Å². The monoisotopic (exact) mass is 236 g/mol. The van der Waals surface area contributed by atoms with Crippen molar-refractivity contribution in [2.75, 3.05) is 0 Å². The van der Waals surface area contributed by atoms with Crippen molar-refractivity contribution in [3.63, 3.8) is 0 Å². The van der Waals surface area contributed by atoms with E-state index in [0.717, 1.165) is 6.42 Å². The summed E-state index contributed by atoms with van der Waals surface area (Å²) in [5.74, 6) is 0. The minimum Gasteiger partial charge on any atom is -0.306 e. The van der Waals surface area contributed by atoms with Gasteiger partial charge in [-0.1, -0.05) is 12.2 Å². The fourth-order valence-corrected chi connectivity index (χ4v) is 3.24. The van der Waals surface area contributed by atoms with E-state index in [1.807, 2.05) is 0 Å². The third kappa shape index (κ3) is 2.71. The van der Waals surface area contributed by atoms with Gasteiger partial charge in [-0.2, -0.15) is 0 Å². The zero-order valence-electron chi connectivity index (χ0n) is 10.3. The number of nitrogens with one attached hydrogen (secondary N) is 1. The second-order valence-corrected chi connectivity index (χ2v) is 5.95. The molecule has 0 aliphatic heterocycles. The van der Waals surface area contributed by atoms with Gasteiger partial charge in [0.05, 0.1) is 10.7 Å². The van der Waals surface area contributed by atoms with Crippen LogP contribution in [0.4, 0.5) is 0 Å². The van der Waals surface area contributed by atoms with Crippen LogP contribution < -0.4 is 5.32 Å². The number of aromatic nitrogens is 1. The number of nitrogens with zero attached hydrogens (tertiary/aromatic N) is 1. The Morgan fingerprint density at radius 3 is 2.81 bits per heavy atom. The number of thiazole rings is 1. The van der Waals surface area contributed by atoms with Crippen LogP contribution in [0.3, 0.4) is 0 Å². The first-order chi connectivity index (χ1) is 7.66. The summed E-state index contributed by atoms with van der Waals surface area (Å²) < 4.78 is 0. The first-order valence-corrected chi connectivity index (χ1v) is 6.83. The van der Waals surface area contributed by atoms with E-state index in [4.69, 9.17) is 0 Å². The van der Waals surface area contributed by atoms with Crippen LogP contribution in [0.15, 0.2) is 12.2 Å². The molecule has 88 valence electrons. The Kier molecular flexibility index (Phi) is 3.77. The van der Waals surface area contributed by atoms with Gasteiger partial charge in [-0.3, -0.25) is 0 Å².